The fourth-order valence-electron chi connectivity index (χ4n) is 1.44. The number of halogens is 1. The van der Waals surface area contributed by atoms with Crippen LogP contribution in [-0.4, -0.2) is 33.8 Å². The van der Waals surface area contributed by atoms with E-state index in [0.717, 1.165) is 6.07 Å². The van der Waals surface area contributed by atoms with Gasteiger partial charge >= 0.3 is 5.97 Å². The first-order valence-corrected chi connectivity index (χ1v) is 5.46. The van der Waals surface area contributed by atoms with E-state index in [2.05, 4.69) is 5.32 Å². The van der Waals surface area contributed by atoms with Crippen LogP contribution in [0.5, 0.6) is 0 Å². The van der Waals surface area contributed by atoms with Crippen LogP contribution in [-0.2, 0) is 0 Å². The van der Waals surface area contributed by atoms with Crippen molar-refractivity contribution in [1.29, 1.82) is 0 Å². The lowest BCUT2D eigenvalue weighted by Gasteiger charge is -2.09. The molecule has 1 unspecified atom stereocenters. The predicted molar refractivity (Wildman–Crippen MR) is 64.8 cm³/mol. The van der Waals surface area contributed by atoms with Crippen LogP contribution in [0.2, 0.25) is 0 Å². The first kappa shape index (κ1) is 14.8. The van der Waals surface area contributed by atoms with Gasteiger partial charge in [0.25, 0.3) is 5.69 Å². The van der Waals surface area contributed by atoms with E-state index in [1.807, 2.05) is 0 Å². The number of aliphatic hydroxyl groups excluding tert-OH is 1. The number of nitro groups is 1. The number of carbonyl (C=O) groups is 1. The van der Waals surface area contributed by atoms with Crippen molar-refractivity contribution < 1.29 is 24.3 Å². The summed E-state index contributed by atoms with van der Waals surface area (Å²) in [6, 6.07) is 1.44. The lowest BCUT2D eigenvalue weighted by Crippen LogP contribution is -2.12. The van der Waals surface area contributed by atoms with Crippen molar-refractivity contribution in [3.8, 4) is 0 Å². The van der Waals surface area contributed by atoms with Crippen molar-refractivity contribution in [3.63, 3.8) is 0 Å². The molecule has 0 saturated carbocycles. The number of aromatic carboxylic acids is 1. The third kappa shape index (κ3) is 3.88. The molecular formula is C11H13FN2O5. The van der Waals surface area contributed by atoms with Gasteiger partial charge in [0.2, 0.25) is 0 Å². The molecule has 0 amide bonds. The molecular weight excluding hydrogens is 259 g/mol. The Kier molecular flexibility index (Phi) is 4.76. The quantitative estimate of drug-likeness (QED) is 0.535. The molecule has 104 valence electrons. The van der Waals surface area contributed by atoms with E-state index in [1.165, 1.54) is 0 Å². The van der Waals surface area contributed by atoms with E-state index in [9.17, 15) is 19.3 Å². The van der Waals surface area contributed by atoms with Crippen LogP contribution in [0, 0.1) is 15.9 Å². The van der Waals surface area contributed by atoms with Crippen molar-refractivity contribution in [2.24, 2.45) is 0 Å². The summed E-state index contributed by atoms with van der Waals surface area (Å²) >= 11 is 0. The summed E-state index contributed by atoms with van der Waals surface area (Å²) < 4.78 is 13.3. The number of hydrogen-bond donors (Lipinski definition) is 3. The Morgan fingerprint density at radius 2 is 2.21 bits per heavy atom. The zero-order valence-electron chi connectivity index (χ0n) is 10.1. The number of carboxylic acids is 1. The SMILES string of the molecule is CC(O)CCNc1cc(C(=O)O)c(F)cc1[N+](=O)[O-]. The maximum Gasteiger partial charge on any atom is 0.338 e. The lowest BCUT2D eigenvalue weighted by atomic mass is 10.1. The molecule has 19 heavy (non-hydrogen) atoms. The summed E-state index contributed by atoms with van der Waals surface area (Å²) in [6.45, 7) is 1.74. The third-order valence-electron chi connectivity index (χ3n) is 2.39. The maximum atomic E-state index is 13.3. The van der Waals surface area contributed by atoms with Gasteiger partial charge in [0.15, 0.2) is 0 Å². The summed E-state index contributed by atoms with van der Waals surface area (Å²) in [7, 11) is 0. The molecule has 0 saturated heterocycles. The molecule has 1 rings (SSSR count). The molecule has 0 fully saturated rings. The minimum absolute atomic E-state index is 0.0931. The van der Waals surface area contributed by atoms with E-state index >= 15 is 0 Å². The predicted octanol–water partition coefficient (Wildman–Crippen LogP) is 1.61. The number of hydrogen-bond acceptors (Lipinski definition) is 5. The van der Waals surface area contributed by atoms with E-state index in [-0.39, 0.29) is 12.2 Å². The monoisotopic (exact) mass is 272 g/mol. The molecule has 8 heteroatoms. The Morgan fingerprint density at radius 1 is 1.58 bits per heavy atom. The Balaban J connectivity index is 3.07. The smallest absolute Gasteiger partial charge is 0.338 e. The van der Waals surface area contributed by atoms with E-state index in [4.69, 9.17) is 10.2 Å². The molecule has 0 spiro atoms. The zero-order valence-corrected chi connectivity index (χ0v) is 10.1. The highest BCUT2D eigenvalue weighted by molar-refractivity contribution is 5.90. The van der Waals surface area contributed by atoms with E-state index in [1.54, 1.807) is 6.92 Å². The number of nitrogens with zero attached hydrogens (tertiary/aromatic N) is 1. The highest BCUT2D eigenvalue weighted by atomic mass is 19.1. The molecule has 1 aromatic carbocycles. The molecule has 3 N–H and O–H groups in total. The molecule has 0 aliphatic rings. The van der Waals surface area contributed by atoms with Gasteiger partial charge in [0.1, 0.15) is 11.5 Å². The van der Waals surface area contributed by atoms with E-state index < -0.39 is 34.1 Å². The van der Waals surface area contributed by atoms with E-state index in [0.29, 0.717) is 12.5 Å². The molecule has 1 atom stereocenters. The van der Waals surface area contributed by atoms with Crippen molar-refractivity contribution in [3.05, 3.63) is 33.6 Å². The van der Waals surface area contributed by atoms with Crippen LogP contribution in [0.15, 0.2) is 12.1 Å². The molecule has 1 aromatic rings. The average Bonchev–Trinajstić information content (AvgIpc) is 2.29. The summed E-state index contributed by atoms with van der Waals surface area (Å²) in [5, 5.41) is 31.2. The summed E-state index contributed by atoms with van der Waals surface area (Å²) in [5.41, 5.74) is -1.29. The topological polar surface area (TPSA) is 113 Å². The van der Waals surface area contributed by atoms with Crippen molar-refractivity contribution in [2.45, 2.75) is 19.4 Å². The van der Waals surface area contributed by atoms with Crippen LogP contribution in [0.4, 0.5) is 15.8 Å². The van der Waals surface area contributed by atoms with Gasteiger partial charge in [-0.15, -0.1) is 0 Å². The van der Waals surface area contributed by atoms with Crippen molar-refractivity contribution in [1.82, 2.24) is 0 Å². The molecule has 0 heterocycles. The normalized spacial score (nSPS) is 11.9. The number of rotatable bonds is 6. The van der Waals surface area contributed by atoms with Crippen molar-refractivity contribution in [2.75, 3.05) is 11.9 Å². The molecule has 0 bridgehead atoms. The minimum Gasteiger partial charge on any atom is -0.478 e. The number of carboxylic acid groups (broad SMARTS) is 1. The third-order valence-corrected chi connectivity index (χ3v) is 2.39. The summed E-state index contributed by atoms with van der Waals surface area (Å²) in [4.78, 5) is 20.7. The van der Waals surface area contributed by atoms with Gasteiger partial charge in [0.05, 0.1) is 22.7 Å². The Hall–Kier alpha value is -2.22. The number of anilines is 1. The van der Waals surface area contributed by atoms with Crippen LogP contribution in [0.1, 0.15) is 23.7 Å². The molecule has 0 aliphatic carbocycles. The Morgan fingerprint density at radius 3 is 2.68 bits per heavy atom. The number of nitrogens with one attached hydrogen (secondary N) is 1. The molecule has 0 aliphatic heterocycles. The second-order valence-electron chi connectivity index (χ2n) is 3.98. The van der Waals surface area contributed by atoms with Gasteiger partial charge in [-0.05, 0) is 19.4 Å². The van der Waals surface area contributed by atoms with Gasteiger partial charge in [-0.2, -0.15) is 0 Å². The van der Waals surface area contributed by atoms with Crippen LogP contribution >= 0.6 is 0 Å². The standard InChI is InChI=1S/C11H13FN2O5/c1-6(15)2-3-13-9-4-7(11(16)17)8(12)5-10(9)14(18)19/h4-6,13,15H,2-3H2,1H3,(H,16,17). The Labute approximate surface area is 107 Å². The fraction of sp³-hybridized carbons (Fsp3) is 0.364. The number of benzene rings is 1. The highest BCUT2D eigenvalue weighted by Gasteiger charge is 2.21. The molecule has 0 radical (unpaired) electrons. The van der Waals surface area contributed by atoms with Gasteiger partial charge in [-0.1, -0.05) is 0 Å². The lowest BCUT2D eigenvalue weighted by molar-refractivity contribution is -0.384. The summed E-state index contributed by atoms with van der Waals surface area (Å²) in [5.74, 6) is -2.67. The molecule has 0 aromatic heterocycles. The van der Waals surface area contributed by atoms with Crippen LogP contribution < -0.4 is 5.32 Å². The van der Waals surface area contributed by atoms with Gasteiger partial charge in [0, 0.05) is 6.54 Å². The zero-order chi connectivity index (χ0) is 14.6. The van der Waals surface area contributed by atoms with Crippen molar-refractivity contribution >= 4 is 17.3 Å². The molecule has 7 nitrogen and oxygen atoms in total. The highest BCUT2D eigenvalue weighted by Crippen LogP contribution is 2.27. The summed E-state index contributed by atoms with van der Waals surface area (Å²) in [6.07, 6.45) is -0.289. The second-order valence-corrected chi connectivity index (χ2v) is 3.98. The van der Waals surface area contributed by atoms with Gasteiger partial charge in [-0.3, -0.25) is 10.1 Å². The van der Waals surface area contributed by atoms with Crippen LogP contribution in [0.3, 0.4) is 0 Å². The average molecular weight is 272 g/mol. The second kappa shape index (κ2) is 6.10. The van der Waals surface area contributed by atoms with Gasteiger partial charge < -0.3 is 15.5 Å². The maximum absolute atomic E-state index is 13.3. The minimum atomic E-state index is -1.51. The largest absolute Gasteiger partial charge is 0.478 e. The Bertz CT molecular complexity index is 504. The first-order valence-electron chi connectivity index (χ1n) is 5.46. The fourth-order valence-corrected chi connectivity index (χ4v) is 1.44. The first-order chi connectivity index (χ1) is 8.82. The number of aliphatic hydroxyl groups is 1. The van der Waals surface area contributed by atoms with Crippen LogP contribution in [0.25, 0.3) is 0 Å². The number of nitro benzene ring substituents is 1. The van der Waals surface area contributed by atoms with Gasteiger partial charge in [-0.25, -0.2) is 9.18 Å².